The predicted molar refractivity (Wildman–Crippen MR) is 125 cm³/mol. The highest BCUT2D eigenvalue weighted by molar-refractivity contribution is 5.96. The highest BCUT2D eigenvalue weighted by Crippen LogP contribution is 2.35. The number of nitrogens with zero attached hydrogens (tertiary/aromatic N) is 5. The molecule has 37 heavy (non-hydrogen) atoms. The Balaban J connectivity index is 1.45. The third-order valence-corrected chi connectivity index (χ3v) is 6.23. The van der Waals surface area contributed by atoms with E-state index in [2.05, 4.69) is 31.0 Å². The number of piperidine rings is 1. The molecule has 14 heteroatoms. The number of halogens is 4. The zero-order valence-electron chi connectivity index (χ0n) is 19.7. The molecule has 1 saturated heterocycles. The van der Waals surface area contributed by atoms with Crippen LogP contribution in [0.15, 0.2) is 41.2 Å². The molecule has 0 bridgehead atoms. The summed E-state index contributed by atoms with van der Waals surface area (Å²) in [5.74, 6) is -0.488. The lowest BCUT2D eigenvalue weighted by molar-refractivity contribution is -0.139. The molecule has 0 aliphatic carbocycles. The van der Waals surface area contributed by atoms with Crippen LogP contribution in [0.5, 0.6) is 0 Å². The molecular formula is C23H24F4N8O2. The van der Waals surface area contributed by atoms with E-state index in [1.54, 1.807) is 18.2 Å². The van der Waals surface area contributed by atoms with E-state index in [-0.39, 0.29) is 30.5 Å². The van der Waals surface area contributed by atoms with Gasteiger partial charge in [0.2, 0.25) is 11.7 Å². The average molecular weight is 520 g/mol. The molecule has 4 heterocycles. The number of amides is 1. The molecular weight excluding hydrogens is 496 g/mol. The van der Waals surface area contributed by atoms with Crippen LogP contribution in [0, 0.1) is 0 Å². The normalized spacial score (nSPS) is 18.8. The average Bonchev–Trinajstić information content (AvgIpc) is 3.59. The minimum Gasteiger partial charge on any atom is -0.379 e. The molecule has 10 nitrogen and oxygen atoms in total. The largest absolute Gasteiger partial charge is 0.406 e. The van der Waals surface area contributed by atoms with Gasteiger partial charge in [0, 0.05) is 30.4 Å². The highest BCUT2D eigenvalue weighted by atomic mass is 19.4. The summed E-state index contributed by atoms with van der Waals surface area (Å²) in [5.41, 5.74) is 1.19. The molecule has 5 rings (SSSR count). The SMILES string of the molecule is CN1CCC(Nc2cccc3c2cc(-c2noc(CNC(=O)c4cn[nH]c4)n2)n3CC(F)(F)F)C(F)C1. The number of rotatable bonds is 7. The van der Waals surface area contributed by atoms with E-state index in [1.165, 1.54) is 18.5 Å². The number of aromatic amines is 1. The van der Waals surface area contributed by atoms with Crippen molar-refractivity contribution in [3.63, 3.8) is 0 Å². The highest BCUT2D eigenvalue weighted by Gasteiger charge is 2.32. The number of anilines is 1. The summed E-state index contributed by atoms with van der Waals surface area (Å²) in [5, 5.41) is 16.3. The topological polar surface area (TPSA) is 117 Å². The number of carbonyl (C=O) groups is 1. The first-order chi connectivity index (χ1) is 17.7. The standard InChI is InChI=1S/C23H24F4N8O2/c1-34-6-5-17(15(24)11-34)31-16-3-2-4-18-14(16)7-19(35(18)12-23(25,26)27)21-32-20(37-33-21)10-28-22(36)13-8-29-30-9-13/h2-4,7-9,15,17,31H,5-6,10-12H2,1H3,(H,28,36)(H,29,30). The van der Waals surface area contributed by atoms with Crippen molar-refractivity contribution in [1.29, 1.82) is 0 Å². The molecule has 1 fully saturated rings. The molecule has 1 aliphatic heterocycles. The van der Waals surface area contributed by atoms with Crippen molar-refractivity contribution < 1.29 is 26.9 Å². The number of hydrogen-bond donors (Lipinski definition) is 3. The van der Waals surface area contributed by atoms with Crippen molar-refractivity contribution in [3.8, 4) is 11.5 Å². The third-order valence-electron chi connectivity index (χ3n) is 6.23. The van der Waals surface area contributed by atoms with Crippen LogP contribution in [0.1, 0.15) is 22.7 Å². The summed E-state index contributed by atoms with van der Waals surface area (Å²) >= 11 is 0. The van der Waals surface area contributed by atoms with Gasteiger partial charge in [-0.3, -0.25) is 9.89 Å². The van der Waals surface area contributed by atoms with Gasteiger partial charge in [0.05, 0.1) is 35.6 Å². The number of aromatic nitrogens is 5. The molecule has 2 unspecified atom stereocenters. The second-order valence-electron chi connectivity index (χ2n) is 8.97. The maximum Gasteiger partial charge on any atom is 0.406 e. The summed E-state index contributed by atoms with van der Waals surface area (Å²) in [6.45, 7) is -0.429. The van der Waals surface area contributed by atoms with Crippen molar-refractivity contribution >= 4 is 22.5 Å². The Kier molecular flexibility index (Phi) is 6.58. The molecule has 1 amide bonds. The van der Waals surface area contributed by atoms with Gasteiger partial charge in [0.15, 0.2) is 0 Å². The smallest absolute Gasteiger partial charge is 0.379 e. The van der Waals surface area contributed by atoms with Crippen molar-refractivity contribution in [2.24, 2.45) is 0 Å². The zero-order chi connectivity index (χ0) is 26.2. The second-order valence-corrected chi connectivity index (χ2v) is 8.97. The first-order valence-corrected chi connectivity index (χ1v) is 11.6. The third kappa shape index (κ3) is 5.43. The molecule has 196 valence electrons. The van der Waals surface area contributed by atoms with E-state index in [0.29, 0.717) is 35.1 Å². The Hall–Kier alpha value is -3.94. The van der Waals surface area contributed by atoms with Crippen LogP contribution >= 0.6 is 0 Å². The summed E-state index contributed by atoms with van der Waals surface area (Å²) in [6, 6.07) is 5.96. The van der Waals surface area contributed by atoms with Gasteiger partial charge in [-0.25, -0.2) is 4.39 Å². The predicted octanol–water partition coefficient (Wildman–Crippen LogP) is 3.36. The number of nitrogens with one attached hydrogen (secondary N) is 3. The van der Waals surface area contributed by atoms with Crippen molar-refractivity contribution in [2.75, 3.05) is 25.5 Å². The van der Waals surface area contributed by atoms with Crippen LogP contribution in [-0.4, -0.2) is 74.2 Å². The number of benzene rings is 1. The van der Waals surface area contributed by atoms with Crippen LogP contribution in [0.4, 0.5) is 23.2 Å². The van der Waals surface area contributed by atoms with Gasteiger partial charge in [-0.1, -0.05) is 11.2 Å². The van der Waals surface area contributed by atoms with E-state index in [0.717, 1.165) is 4.57 Å². The number of carbonyl (C=O) groups excluding carboxylic acids is 1. The minimum absolute atomic E-state index is 0.0144. The maximum absolute atomic E-state index is 14.7. The Bertz CT molecular complexity index is 1380. The molecule has 1 aliphatic rings. The number of alkyl halides is 4. The molecule has 0 radical (unpaired) electrons. The Labute approximate surface area is 208 Å². The zero-order valence-corrected chi connectivity index (χ0v) is 19.7. The van der Waals surface area contributed by atoms with Gasteiger partial charge >= 0.3 is 6.18 Å². The number of likely N-dealkylation sites (tertiary alicyclic amines) is 1. The Morgan fingerprint density at radius 2 is 2.16 bits per heavy atom. The summed E-state index contributed by atoms with van der Waals surface area (Å²) in [4.78, 5) is 18.2. The lowest BCUT2D eigenvalue weighted by Gasteiger charge is -2.33. The fourth-order valence-electron chi connectivity index (χ4n) is 4.43. The van der Waals surface area contributed by atoms with Gasteiger partial charge in [-0.2, -0.15) is 23.3 Å². The van der Waals surface area contributed by atoms with Crippen molar-refractivity contribution in [3.05, 3.63) is 48.1 Å². The molecule has 1 aromatic carbocycles. The number of H-pyrrole nitrogens is 1. The lowest BCUT2D eigenvalue weighted by Crippen LogP contribution is -2.46. The van der Waals surface area contributed by atoms with Crippen LogP contribution in [-0.2, 0) is 13.1 Å². The van der Waals surface area contributed by atoms with Gasteiger partial charge in [-0.15, -0.1) is 0 Å². The Morgan fingerprint density at radius 1 is 1.32 bits per heavy atom. The van der Waals surface area contributed by atoms with E-state index >= 15 is 0 Å². The minimum atomic E-state index is -4.52. The molecule has 2 atom stereocenters. The Morgan fingerprint density at radius 3 is 2.89 bits per heavy atom. The van der Waals surface area contributed by atoms with Gasteiger partial charge in [0.25, 0.3) is 5.91 Å². The fraction of sp³-hybridized carbons (Fsp3) is 0.391. The van der Waals surface area contributed by atoms with E-state index in [9.17, 15) is 22.4 Å². The summed E-state index contributed by atoms with van der Waals surface area (Å²) < 4.78 is 61.5. The molecule has 3 aromatic heterocycles. The molecule has 0 spiro atoms. The van der Waals surface area contributed by atoms with Crippen LogP contribution in [0.3, 0.4) is 0 Å². The lowest BCUT2D eigenvalue weighted by atomic mass is 10.0. The monoisotopic (exact) mass is 520 g/mol. The first-order valence-electron chi connectivity index (χ1n) is 11.6. The second kappa shape index (κ2) is 9.84. The molecule has 3 N–H and O–H groups in total. The summed E-state index contributed by atoms with van der Waals surface area (Å²) in [6.07, 6.45) is -2.34. The molecule has 4 aromatic rings. The number of hydrogen-bond acceptors (Lipinski definition) is 7. The van der Waals surface area contributed by atoms with E-state index in [4.69, 9.17) is 4.52 Å². The molecule has 0 saturated carbocycles. The maximum atomic E-state index is 14.7. The summed E-state index contributed by atoms with van der Waals surface area (Å²) in [7, 11) is 1.84. The van der Waals surface area contributed by atoms with Gasteiger partial charge < -0.3 is 24.6 Å². The van der Waals surface area contributed by atoms with Crippen molar-refractivity contribution in [2.45, 2.75) is 37.9 Å². The van der Waals surface area contributed by atoms with Crippen LogP contribution in [0.25, 0.3) is 22.4 Å². The van der Waals surface area contributed by atoms with Crippen LogP contribution < -0.4 is 10.6 Å². The number of fused-ring (bicyclic) bond motifs is 1. The van der Waals surface area contributed by atoms with E-state index in [1.807, 2.05) is 11.9 Å². The van der Waals surface area contributed by atoms with Gasteiger partial charge in [0.1, 0.15) is 12.7 Å². The van der Waals surface area contributed by atoms with E-state index < -0.39 is 30.8 Å². The first kappa shape index (κ1) is 24.7. The van der Waals surface area contributed by atoms with Gasteiger partial charge in [-0.05, 0) is 31.7 Å². The quantitative estimate of drug-likeness (QED) is 0.320. The van der Waals surface area contributed by atoms with Crippen molar-refractivity contribution in [1.82, 2.24) is 35.1 Å². The fourth-order valence-corrected chi connectivity index (χ4v) is 4.43. The van der Waals surface area contributed by atoms with Crippen LogP contribution in [0.2, 0.25) is 0 Å².